The van der Waals surface area contributed by atoms with Crippen LogP contribution in [0.1, 0.15) is 31.7 Å². The first-order valence-electron chi connectivity index (χ1n) is 7.29. The standard InChI is InChI=1S/C16H18BrN3O3/c1-3-10(2)11-4-6-12(7-5-11)18-14(21)9-20-8-13(17)15(22)19-16(20)23/h4-8,10H,3,9H2,1-2H3,(H,18,21)(H,19,22,23)/t10-/m0/s1. The lowest BCUT2D eigenvalue weighted by atomic mass is 9.99. The van der Waals surface area contributed by atoms with E-state index < -0.39 is 11.2 Å². The van der Waals surface area contributed by atoms with E-state index in [9.17, 15) is 14.4 Å². The van der Waals surface area contributed by atoms with Gasteiger partial charge in [0.25, 0.3) is 5.56 Å². The maximum atomic E-state index is 12.0. The average Bonchev–Trinajstić information content (AvgIpc) is 2.52. The van der Waals surface area contributed by atoms with Gasteiger partial charge in [0.1, 0.15) is 6.54 Å². The minimum Gasteiger partial charge on any atom is -0.325 e. The molecule has 0 bridgehead atoms. The Balaban J connectivity index is 2.07. The molecule has 2 N–H and O–H groups in total. The number of carbonyl (C=O) groups is 1. The summed E-state index contributed by atoms with van der Waals surface area (Å²) in [6.07, 6.45) is 2.35. The van der Waals surface area contributed by atoms with E-state index in [1.165, 1.54) is 11.8 Å². The van der Waals surface area contributed by atoms with Crippen LogP contribution in [0.4, 0.5) is 5.69 Å². The minimum absolute atomic E-state index is 0.179. The van der Waals surface area contributed by atoms with E-state index in [1.807, 2.05) is 24.3 Å². The quantitative estimate of drug-likeness (QED) is 0.836. The Morgan fingerprint density at radius 2 is 1.96 bits per heavy atom. The first kappa shape index (κ1) is 17.2. The summed E-state index contributed by atoms with van der Waals surface area (Å²) < 4.78 is 1.33. The number of nitrogens with one attached hydrogen (secondary N) is 2. The largest absolute Gasteiger partial charge is 0.328 e. The van der Waals surface area contributed by atoms with Crippen LogP contribution in [0, 0.1) is 0 Å². The first-order chi connectivity index (χ1) is 10.9. The lowest BCUT2D eigenvalue weighted by Gasteiger charge is -2.11. The molecule has 0 aliphatic carbocycles. The van der Waals surface area contributed by atoms with E-state index in [4.69, 9.17) is 0 Å². The zero-order chi connectivity index (χ0) is 17.0. The van der Waals surface area contributed by atoms with Gasteiger partial charge in [-0.2, -0.15) is 0 Å². The van der Waals surface area contributed by atoms with Gasteiger partial charge in [0.2, 0.25) is 5.91 Å². The Bertz CT molecular complexity index is 809. The molecule has 0 saturated carbocycles. The fourth-order valence-electron chi connectivity index (χ4n) is 2.09. The van der Waals surface area contributed by atoms with Gasteiger partial charge in [-0.25, -0.2) is 4.79 Å². The highest BCUT2D eigenvalue weighted by Gasteiger charge is 2.08. The second kappa shape index (κ2) is 7.41. The van der Waals surface area contributed by atoms with Gasteiger partial charge in [-0.1, -0.05) is 26.0 Å². The summed E-state index contributed by atoms with van der Waals surface area (Å²) in [5.74, 6) is 0.124. The molecule has 1 atom stereocenters. The minimum atomic E-state index is -0.625. The lowest BCUT2D eigenvalue weighted by Crippen LogP contribution is -2.33. The van der Waals surface area contributed by atoms with Crippen LogP contribution in [0.25, 0.3) is 0 Å². The van der Waals surface area contributed by atoms with Crippen LogP contribution in [0.2, 0.25) is 0 Å². The molecule has 0 saturated heterocycles. The van der Waals surface area contributed by atoms with Crippen molar-refractivity contribution in [2.75, 3.05) is 5.32 Å². The molecule has 0 fully saturated rings. The molecule has 0 aliphatic heterocycles. The third-order valence-electron chi connectivity index (χ3n) is 3.66. The highest BCUT2D eigenvalue weighted by Crippen LogP contribution is 2.20. The molecule has 1 aromatic carbocycles. The molecule has 7 heteroatoms. The number of anilines is 1. The SMILES string of the molecule is CC[C@H](C)c1ccc(NC(=O)Cn2cc(Br)c(=O)[nH]c2=O)cc1. The number of aromatic nitrogens is 2. The van der Waals surface area contributed by atoms with Crippen LogP contribution in [0.15, 0.2) is 44.5 Å². The smallest absolute Gasteiger partial charge is 0.325 e. The Morgan fingerprint density at radius 1 is 1.30 bits per heavy atom. The van der Waals surface area contributed by atoms with Gasteiger partial charge in [0, 0.05) is 11.9 Å². The van der Waals surface area contributed by atoms with Gasteiger partial charge in [-0.3, -0.25) is 19.1 Å². The van der Waals surface area contributed by atoms with Crippen LogP contribution in [0.5, 0.6) is 0 Å². The summed E-state index contributed by atoms with van der Waals surface area (Å²) in [6, 6.07) is 7.63. The molecule has 0 spiro atoms. The third-order valence-corrected chi connectivity index (χ3v) is 4.22. The molecule has 2 rings (SSSR count). The molecular formula is C16H18BrN3O3. The summed E-state index contributed by atoms with van der Waals surface area (Å²) in [6.45, 7) is 4.09. The van der Waals surface area contributed by atoms with E-state index in [2.05, 4.69) is 40.1 Å². The average molecular weight is 380 g/mol. The first-order valence-corrected chi connectivity index (χ1v) is 8.09. The van der Waals surface area contributed by atoms with Gasteiger partial charge in [0.05, 0.1) is 4.47 Å². The maximum Gasteiger partial charge on any atom is 0.328 e. The van der Waals surface area contributed by atoms with Gasteiger partial charge in [-0.05, 0) is 46.0 Å². The van der Waals surface area contributed by atoms with Crippen LogP contribution >= 0.6 is 15.9 Å². The number of carbonyl (C=O) groups excluding carboxylic acids is 1. The number of hydrogen-bond acceptors (Lipinski definition) is 3. The number of H-pyrrole nitrogens is 1. The molecule has 6 nitrogen and oxygen atoms in total. The second-order valence-electron chi connectivity index (χ2n) is 5.34. The highest BCUT2D eigenvalue weighted by molar-refractivity contribution is 9.10. The predicted octanol–water partition coefficient (Wildman–Crippen LogP) is 2.45. The zero-order valence-corrected chi connectivity index (χ0v) is 14.5. The number of halogens is 1. The molecule has 0 radical (unpaired) electrons. The number of benzene rings is 1. The lowest BCUT2D eigenvalue weighted by molar-refractivity contribution is -0.116. The number of rotatable bonds is 5. The van der Waals surface area contributed by atoms with Gasteiger partial charge >= 0.3 is 5.69 Å². The molecule has 122 valence electrons. The summed E-state index contributed by atoms with van der Waals surface area (Å²) >= 11 is 3.03. The molecule has 1 amide bonds. The predicted molar refractivity (Wildman–Crippen MR) is 92.8 cm³/mol. The summed E-state index contributed by atoms with van der Waals surface area (Å²) in [4.78, 5) is 37.1. The van der Waals surface area contributed by atoms with Crippen molar-refractivity contribution in [2.24, 2.45) is 0 Å². The Hall–Kier alpha value is -2.15. The van der Waals surface area contributed by atoms with Crippen LogP contribution in [-0.4, -0.2) is 15.5 Å². The summed E-state index contributed by atoms with van der Waals surface area (Å²) in [7, 11) is 0. The van der Waals surface area contributed by atoms with E-state index in [1.54, 1.807) is 0 Å². The second-order valence-corrected chi connectivity index (χ2v) is 6.20. The number of nitrogens with zero attached hydrogens (tertiary/aromatic N) is 1. The number of amides is 1. The fourth-order valence-corrected chi connectivity index (χ4v) is 2.43. The Morgan fingerprint density at radius 3 is 2.57 bits per heavy atom. The van der Waals surface area contributed by atoms with E-state index in [0.29, 0.717) is 11.6 Å². The molecule has 0 unspecified atom stereocenters. The Kier molecular flexibility index (Phi) is 5.54. The number of aromatic amines is 1. The van der Waals surface area contributed by atoms with E-state index in [0.717, 1.165) is 11.0 Å². The van der Waals surface area contributed by atoms with Gasteiger partial charge in [-0.15, -0.1) is 0 Å². The third kappa shape index (κ3) is 4.41. The molecule has 0 aliphatic rings. The van der Waals surface area contributed by atoms with Crippen LogP contribution in [0.3, 0.4) is 0 Å². The van der Waals surface area contributed by atoms with Crippen molar-refractivity contribution in [3.63, 3.8) is 0 Å². The zero-order valence-electron chi connectivity index (χ0n) is 12.9. The van der Waals surface area contributed by atoms with Crippen LogP contribution in [-0.2, 0) is 11.3 Å². The molecule has 1 aromatic heterocycles. The van der Waals surface area contributed by atoms with Crippen LogP contribution < -0.4 is 16.6 Å². The van der Waals surface area contributed by atoms with Crippen molar-refractivity contribution >= 4 is 27.5 Å². The van der Waals surface area contributed by atoms with Crippen molar-refractivity contribution in [1.82, 2.24) is 9.55 Å². The fraction of sp³-hybridized carbons (Fsp3) is 0.312. The maximum absolute atomic E-state index is 12.0. The van der Waals surface area contributed by atoms with Crippen molar-refractivity contribution in [3.05, 3.63) is 61.3 Å². The topological polar surface area (TPSA) is 84.0 Å². The van der Waals surface area contributed by atoms with Gasteiger partial charge < -0.3 is 5.32 Å². The van der Waals surface area contributed by atoms with Gasteiger partial charge in [0.15, 0.2) is 0 Å². The summed E-state index contributed by atoms with van der Waals surface area (Å²) in [5.41, 5.74) is 0.734. The highest BCUT2D eigenvalue weighted by atomic mass is 79.9. The number of hydrogen-bond donors (Lipinski definition) is 2. The molecular weight excluding hydrogens is 362 g/mol. The molecule has 23 heavy (non-hydrogen) atoms. The van der Waals surface area contributed by atoms with Crippen molar-refractivity contribution in [1.29, 1.82) is 0 Å². The molecule has 2 aromatic rings. The van der Waals surface area contributed by atoms with Crippen molar-refractivity contribution in [3.8, 4) is 0 Å². The summed E-state index contributed by atoms with van der Waals surface area (Å²) in [5, 5.41) is 2.73. The molecule has 1 heterocycles. The Labute approximate surface area is 141 Å². The normalized spacial score (nSPS) is 12.0. The van der Waals surface area contributed by atoms with Crippen molar-refractivity contribution < 1.29 is 4.79 Å². The monoisotopic (exact) mass is 379 g/mol. The van der Waals surface area contributed by atoms with E-state index in [-0.39, 0.29) is 16.9 Å². The van der Waals surface area contributed by atoms with E-state index >= 15 is 0 Å². The van der Waals surface area contributed by atoms with Crippen molar-refractivity contribution in [2.45, 2.75) is 32.7 Å².